The van der Waals surface area contributed by atoms with Crippen LogP contribution in [-0.4, -0.2) is 5.33 Å². The molecule has 0 fully saturated rings. The van der Waals surface area contributed by atoms with E-state index >= 15 is 0 Å². The van der Waals surface area contributed by atoms with Crippen LogP contribution in [0.25, 0.3) is 0 Å². The van der Waals surface area contributed by atoms with Gasteiger partial charge in [0.05, 0.1) is 0 Å². The lowest BCUT2D eigenvalue weighted by atomic mass is 10.6. The molecule has 0 radical (unpaired) electrons. The summed E-state index contributed by atoms with van der Waals surface area (Å²) in [4.78, 5) is 0. The summed E-state index contributed by atoms with van der Waals surface area (Å²) in [7, 11) is 0. The molecule has 0 rings (SSSR count). The van der Waals surface area contributed by atoms with E-state index in [4.69, 9.17) is 4.11 Å². The zero-order chi connectivity index (χ0) is 5.91. The van der Waals surface area contributed by atoms with Crippen LogP contribution in [0.1, 0.15) is 17.4 Å². The van der Waals surface area contributed by atoms with E-state index in [-0.39, 0.29) is 6.42 Å². The van der Waals surface area contributed by atoms with Crippen molar-refractivity contribution in [2.75, 3.05) is 5.33 Å². The van der Waals surface area contributed by atoms with E-state index in [1.165, 1.54) is 0 Å². The van der Waals surface area contributed by atoms with E-state index in [2.05, 4.69) is 15.9 Å². The highest BCUT2D eigenvalue weighted by atomic mass is 79.9. The van der Waals surface area contributed by atoms with E-state index in [1.807, 2.05) is 0 Å². The van der Waals surface area contributed by atoms with E-state index in [0.717, 1.165) is 0 Å². The summed E-state index contributed by atoms with van der Waals surface area (Å²) >= 11 is 3.03. The van der Waals surface area contributed by atoms with Gasteiger partial charge in [0.25, 0.3) is 0 Å². The molecule has 0 N–H and O–H groups in total. The van der Waals surface area contributed by atoms with Gasteiger partial charge < -0.3 is 0 Å². The molecule has 0 heterocycles. The van der Waals surface area contributed by atoms with Crippen LogP contribution < -0.4 is 0 Å². The molecule has 0 aromatic carbocycles. The van der Waals surface area contributed by atoms with Crippen molar-refractivity contribution in [1.29, 1.82) is 0 Å². The standard InChI is InChI=1S/C3H7Br/c1-2-3-4/h2-3H2,1H3/i1D3. The summed E-state index contributed by atoms with van der Waals surface area (Å²) in [5.41, 5.74) is 0. The van der Waals surface area contributed by atoms with Crippen LogP contribution in [0.15, 0.2) is 0 Å². The van der Waals surface area contributed by atoms with Gasteiger partial charge in [-0.05, 0) is 6.42 Å². The molecule has 0 bridgehead atoms. The second kappa shape index (κ2) is 3.48. The topological polar surface area (TPSA) is 0 Å². The quantitative estimate of drug-likeness (QED) is 0.470. The Hall–Kier alpha value is 0.480. The molecule has 0 atom stereocenters. The molecule has 0 aromatic rings. The van der Waals surface area contributed by atoms with E-state index in [1.54, 1.807) is 0 Å². The van der Waals surface area contributed by atoms with Crippen molar-refractivity contribution < 1.29 is 4.11 Å². The van der Waals surface area contributed by atoms with Crippen LogP contribution in [0.3, 0.4) is 0 Å². The summed E-state index contributed by atoms with van der Waals surface area (Å²) in [6.07, 6.45) is 0.257. The smallest absolute Gasteiger partial charge is 0.0231 e. The molecule has 0 nitrogen and oxygen atoms in total. The maximum Gasteiger partial charge on any atom is 0.0231 e. The Morgan fingerprint density at radius 1 is 2.25 bits per heavy atom. The zero-order valence-corrected chi connectivity index (χ0v) is 3.88. The summed E-state index contributed by atoms with van der Waals surface area (Å²) in [5, 5.41) is 0.559. The summed E-state index contributed by atoms with van der Waals surface area (Å²) in [6, 6.07) is 0. The minimum Gasteiger partial charge on any atom is -0.0928 e. The third-order valence-electron chi connectivity index (χ3n) is 0.0945. The van der Waals surface area contributed by atoms with Gasteiger partial charge >= 0.3 is 0 Å². The SMILES string of the molecule is [2H]C([2H])([2H])CCBr. The number of rotatable bonds is 1. The number of alkyl halides is 1. The molecule has 0 aliphatic rings. The van der Waals surface area contributed by atoms with Gasteiger partial charge in [0.15, 0.2) is 0 Å². The van der Waals surface area contributed by atoms with Gasteiger partial charge in [-0.1, -0.05) is 22.8 Å². The van der Waals surface area contributed by atoms with Crippen LogP contribution in [0.4, 0.5) is 0 Å². The molecular formula is C3H7Br. The summed E-state index contributed by atoms with van der Waals surface area (Å²) in [6.45, 7) is -1.75. The van der Waals surface area contributed by atoms with Crippen molar-refractivity contribution >= 4 is 15.9 Å². The zero-order valence-electron chi connectivity index (χ0n) is 5.29. The van der Waals surface area contributed by atoms with Crippen LogP contribution in [0.5, 0.6) is 0 Å². The van der Waals surface area contributed by atoms with E-state index < -0.39 is 6.85 Å². The molecule has 0 aromatic heterocycles. The lowest BCUT2D eigenvalue weighted by molar-refractivity contribution is 1.12. The maximum atomic E-state index is 6.64. The molecule has 26 valence electrons. The fourth-order valence-corrected chi connectivity index (χ4v) is 0. The predicted octanol–water partition coefficient (Wildman–Crippen LogP) is 1.79. The van der Waals surface area contributed by atoms with Crippen LogP contribution in [0, 0.1) is 0 Å². The van der Waals surface area contributed by atoms with Crippen LogP contribution >= 0.6 is 15.9 Å². The average Bonchev–Trinajstić information content (AvgIpc) is 1.30. The second-order valence-electron chi connectivity index (χ2n) is 0.439. The fourth-order valence-electron chi connectivity index (χ4n) is 0. The Bertz CT molecular complexity index is 48.6. The Kier molecular flexibility index (Phi) is 1.12. The monoisotopic (exact) mass is 125 g/mol. The van der Waals surface area contributed by atoms with Gasteiger partial charge in [0, 0.05) is 9.44 Å². The van der Waals surface area contributed by atoms with Crippen molar-refractivity contribution in [3.63, 3.8) is 0 Å². The van der Waals surface area contributed by atoms with Gasteiger partial charge in [-0.15, -0.1) is 0 Å². The molecule has 1 heteroatoms. The largest absolute Gasteiger partial charge is 0.0928 e. The minimum atomic E-state index is -1.75. The Labute approximate surface area is 39.6 Å². The number of halogens is 1. The molecule has 0 spiro atoms. The first-order chi connectivity index (χ1) is 3.06. The first-order valence-electron chi connectivity index (χ1n) is 2.62. The molecular weight excluding hydrogens is 116 g/mol. The summed E-state index contributed by atoms with van der Waals surface area (Å²) < 4.78 is 19.9. The molecule has 4 heavy (non-hydrogen) atoms. The van der Waals surface area contributed by atoms with Gasteiger partial charge in [0.2, 0.25) is 0 Å². The highest BCUT2D eigenvalue weighted by molar-refractivity contribution is 9.09. The van der Waals surface area contributed by atoms with Gasteiger partial charge in [-0.25, -0.2) is 0 Å². The summed E-state index contributed by atoms with van der Waals surface area (Å²) in [5.74, 6) is 0. The molecule has 0 saturated heterocycles. The molecule has 0 aliphatic heterocycles. The van der Waals surface area contributed by atoms with E-state index in [0.29, 0.717) is 5.33 Å². The number of hydrogen-bond donors (Lipinski definition) is 0. The fraction of sp³-hybridized carbons (Fsp3) is 1.00. The van der Waals surface area contributed by atoms with Gasteiger partial charge in [-0.2, -0.15) is 0 Å². The second-order valence-corrected chi connectivity index (χ2v) is 1.23. The Morgan fingerprint density at radius 2 is 3.00 bits per heavy atom. The molecule has 0 unspecified atom stereocenters. The van der Waals surface area contributed by atoms with Gasteiger partial charge in [0.1, 0.15) is 0 Å². The third-order valence-corrected chi connectivity index (χ3v) is 0.491. The Morgan fingerprint density at radius 3 is 3.00 bits per heavy atom. The van der Waals surface area contributed by atoms with E-state index in [9.17, 15) is 0 Å². The van der Waals surface area contributed by atoms with Crippen LogP contribution in [-0.2, 0) is 0 Å². The molecule has 0 amide bonds. The van der Waals surface area contributed by atoms with Crippen molar-refractivity contribution in [1.82, 2.24) is 0 Å². The van der Waals surface area contributed by atoms with Crippen molar-refractivity contribution in [3.8, 4) is 0 Å². The molecule has 0 saturated carbocycles. The lowest BCUT2D eigenvalue weighted by Crippen LogP contribution is -1.54. The minimum absolute atomic E-state index is 0.257. The van der Waals surface area contributed by atoms with Crippen molar-refractivity contribution in [2.45, 2.75) is 13.3 Å². The van der Waals surface area contributed by atoms with Gasteiger partial charge in [-0.3, -0.25) is 0 Å². The maximum absolute atomic E-state index is 6.64. The lowest BCUT2D eigenvalue weighted by Gasteiger charge is -1.66. The van der Waals surface area contributed by atoms with Crippen molar-refractivity contribution in [2.24, 2.45) is 0 Å². The first kappa shape index (κ1) is 1.29. The third kappa shape index (κ3) is 2.48. The predicted molar refractivity (Wildman–Crippen MR) is 24.1 cm³/mol. The normalized spacial score (nSPS) is 21.8. The molecule has 0 aliphatic carbocycles. The first-order valence-corrected chi connectivity index (χ1v) is 2.24. The average molecular weight is 126 g/mol. The number of hydrogen-bond acceptors (Lipinski definition) is 0. The highest BCUT2D eigenvalue weighted by Gasteiger charge is 1.58. The highest BCUT2D eigenvalue weighted by Crippen LogP contribution is 1.80. The van der Waals surface area contributed by atoms with Crippen molar-refractivity contribution in [3.05, 3.63) is 0 Å². The Balaban J connectivity index is 3.15. The van der Waals surface area contributed by atoms with Crippen LogP contribution in [0.2, 0.25) is 0 Å².